The molecule has 0 amide bonds. The summed E-state index contributed by atoms with van der Waals surface area (Å²) in [7, 11) is 0. The minimum absolute atomic E-state index is 0.141. The molecule has 0 aromatic heterocycles. The quantitative estimate of drug-likeness (QED) is 0.822. The summed E-state index contributed by atoms with van der Waals surface area (Å²) in [6.45, 7) is 6.27. The Bertz CT molecular complexity index is 462. The summed E-state index contributed by atoms with van der Waals surface area (Å²) < 4.78 is 0. The van der Waals surface area contributed by atoms with Crippen LogP contribution >= 0.6 is 0 Å². The zero-order valence-electron chi connectivity index (χ0n) is 10.2. The first-order valence-corrected chi connectivity index (χ1v) is 5.78. The smallest absolute Gasteiger partial charge is 0.0991 e. The first-order valence-electron chi connectivity index (χ1n) is 5.78. The van der Waals surface area contributed by atoms with Gasteiger partial charge in [0.05, 0.1) is 11.6 Å². The number of hydrogen-bond acceptors (Lipinski definition) is 2. The molecule has 1 unspecified atom stereocenters. The van der Waals surface area contributed by atoms with E-state index in [9.17, 15) is 0 Å². The molecule has 1 fully saturated rings. The molecule has 2 N–H and O–H groups in total. The van der Waals surface area contributed by atoms with Crippen molar-refractivity contribution in [1.29, 1.82) is 5.26 Å². The van der Waals surface area contributed by atoms with E-state index in [1.54, 1.807) is 0 Å². The van der Waals surface area contributed by atoms with Gasteiger partial charge >= 0.3 is 0 Å². The molecule has 2 heteroatoms. The standard InChI is InChI=1S/C14H18N2/c1-9-6-12(8-15)7-13(10(9)2)14(4-5-14)11(3)16/h6-7,11H,4-5,16H2,1-3H3. The Kier molecular flexibility index (Phi) is 2.52. The van der Waals surface area contributed by atoms with Crippen LogP contribution in [0.4, 0.5) is 0 Å². The molecule has 0 saturated heterocycles. The third-order valence-corrected chi connectivity index (χ3v) is 3.99. The van der Waals surface area contributed by atoms with Crippen LogP contribution in [0.2, 0.25) is 0 Å². The topological polar surface area (TPSA) is 49.8 Å². The molecule has 1 aliphatic rings. The monoisotopic (exact) mass is 214 g/mol. The molecule has 84 valence electrons. The summed E-state index contributed by atoms with van der Waals surface area (Å²) in [6, 6.07) is 6.38. The lowest BCUT2D eigenvalue weighted by atomic mass is 9.84. The van der Waals surface area contributed by atoms with E-state index in [4.69, 9.17) is 11.0 Å². The van der Waals surface area contributed by atoms with Gasteiger partial charge in [-0.15, -0.1) is 0 Å². The molecule has 1 saturated carbocycles. The number of nitrogens with two attached hydrogens (primary N) is 1. The fraction of sp³-hybridized carbons (Fsp3) is 0.500. The summed E-state index contributed by atoms with van der Waals surface area (Å²) >= 11 is 0. The van der Waals surface area contributed by atoms with Gasteiger partial charge in [0.2, 0.25) is 0 Å². The molecule has 0 aliphatic heterocycles. The van der Waals surface area contributed by atoms with Crippen LogP contribution in [0.3, 0.4) is 0 Å². The third kappa shape index (κ3) is 1.52. The Balaban J connectivity index is 2.57. The van der Waals surface area contributed by atoms with Crippen molar-refractivity contribution in [3.8, 4) is 6.07 Å². The summed E-state index contributed by atoms with van der Waals surface area (Å²) in [5, 5.41) is 9.02. The Hall–Kier alpha value is -1.33. The first kappa shape index (κ1) is 11.2. The van der Waals surface area contributed by atoms with Gasteiger partial charge in [-0.25, -0.2) is 0 Å². The molecule has 1 atom stereocenters. The number of hydrogen-bond donors (Lipinski definition) is 1. The van der Waals surface area contributed by atoms with Gasteiger partial charge in [0, 0.05) is 11.5 Å². The number of nitrogens with zero attached hydrogens (tertiary/aromatic N) is 1. The van der Waals surface area contributed by atoms with E-state index in [0.717, 1.165) is 18.4 Å². The fourth-order valence-corrected chi connectivity index (χ4v) is 2.55. The lowest BCUT2D eigenvalue weighted by Crippen LogP contribution is -2.32. The van der Waals surface area contributed by atoms with Crippen molar-refractivity contribution in [1.82, 2.24) is 0 Å². The molecule has 0 radical (unpaired) electrons. The van der Waals surface area contributed by atoms with Crippen LogP contribution in [0, 0.1) is 25.2 Å². The van der Waals surface area contributed by atoms with Crippen LogP contribution in [0.5, 0.6) is 0 Å². The largest absolute Gasteiger partial charge is 0.327 e. The van der Waals surface area contributed by atoms with Crippen LogP contribution in [-0.4, -0.2) is 6.04 Å². The van der Waals surface area contributed by atoms with E-state index < -0.39 is 0 Å². The predicted octanol–water partition coefficient (Wildman–Crippen LogP) is 2.55. The zero-order chi connectivity index (χ0) is 11.9. The predicted molar refractivity (Wildman–Crippen MR) is 65.2 cm³/mol. The maximum absolute atomic E-state index is 9.02. The first-order chi connectivity index (χ1) is 7.51. The average molecular weight is 214 g/mol. The lowest BCUT2D eigenvalue weighted by molar-refractivity contribution is 0.553. The number of rotatable bonds is 2. The fourth-order valence-electron chi connectivity index (χ4n) is 2.55. The molecule has 2 nitrogen and oxygen atoms in total. The van der Waals surface area contributed by atoms with Crippen molar-refractivity contribution in [2.24, 2.45) is 5.73 Å². The van der Waals surface area contributed by atoms with Crippen molar-refractivity contribution in [2.45, 2.75) is 45.1 Å². The van der Waals surface area contributed by atoms with Gasteiger partial charge in [-0.1, -0.05) is 0 Å². The van der Waals surface area contributed by atoms with Crippen LogP contribution in [0.1, 0.15) is 42.0 Å². The molecule has 0 heterocycles. The van der Waals surface area contributed by atoms with E-state index in [-0.39, 0.29) is 11.5 Å². The SMILES string of the molecule is Cc1cc(C#N)cc(C2(C(C)N)CC2)c1C. The van der Waals surface area contributed by atoms with Gasteiger partial charge in [-0.05, 0) is 62.4 Å². The van der Waals surface area contributed by atoms with Crippen LogP contribution in [0.15, 0.2) is 12.1 Å². The molecule has 1 aliphatic carbocycles. The minimum atomic E-state index is 0.141. The maximum Gasteiger partial charge on any atom is 0.0991 e. The number of benzene rings is 1. The zero-order valence-corrected chi connectivity index (χ0v) is 10.2. The number of nitriles is 1. The van der Waals surface area contributed by atoms with Gasteiger partial charge < -0.3 is 5.73 Å². The Labute approximate surface area is 97.1 Å². The highest BCUT2D eigenvalue weighted by Crippen LogP contribution is 2.51. The molecular formula is C14H18N2. The van der Waals surface area contributed by atoms with E-state index in [1.165, 1.54) is 16.7 Å². The maximum atomic E-state index is 9.02. The second-order valence-corrected chi connectivity index (χ2v) is 5.02. The van der Waals surface area contributed by atoms with Gasteiger partial charge in [-0.2, -0.15) is 5.26 Å². The van der Waals surface area contributed by atoms with Crippen LogP contribution in [0.25, 0.3) is 0 Å². The summed E-state index contributed by atoms with van der Waals surface area (Å²) in [5.74, 6) is 0. The van der Waals surface area contributed by atoms with Crippen molar-refractivity contribution in [3.05, 3.63) is 34.4 Å². The van der Waals surface area contributed by atoms with Gasteiger partial charge in [0.15, 0.2) is 0 Å². The highest BCUT2D eigenvalue weighted by atomic mass is 14.7. The summed E-state index contributed by atoms with van der Waals surface area (Å²) in [5.41, 5.74) is 10.8. The van der Waals surface area contributed by atoms with Crippen LogP contribution < -0.4 is 5.73 Å². The molecule has 1 aromatic carbocycles. The Morgan fingerprint density at radius 1 is 1.38 bits per heavy atom. The number of aryl methyl sites for hydroxylation is 1. The second kappa shape index (κ2) is 3.61. The van der Waals surface area contributed by atoms with Crippen molar-refractivity contribution in [3.63, 3.8) is 0 Å². The van der Waals surface area contributed by atoms with Crippen LogP contribution in [-0.2, 0) is 5.41 Å². The molecule has 0 spiro atoms. The molecular weight excluding hydrogens is 196 g/mol. The van der Waals surface area contributed by atoms with E-state index in [2.05, 4.69) is 26.8 Å². The average Bonchev–Trinajstić information content (AvgIpc) is 3.02. The van der Waals surface area contributed by atoms with Crippen molar-refractivity contribution < 1.29 is 0 Å². The van der Waals surface area contributed by atoms with Gasteiger partial charge in [0.25, 0.3) is 0 Å². The molecule has 1 aromatic rings. The normalized spacial score (nSPS) is 18.9. The van der Waals surface area contributed by atoms with E-state index >= 15 is 0 Å². The summed E-state index contributed by atoms with van der Waals surface area (Å²) in [6.07, 6.45) is 2.31. The van der Waals surface area contributed by atoms with Crippen molar-refractivity contribution in [2.75, 3.05) is 0 Å². The Morgan fingerprint density at radius 2 is 2.00 bits per heavy atom. The summed E-state index contributed by atoms with van der Waals surface area (Å²) in [4.78, 5) is 0. The van der Waals surface area contributed by atoms with E-state index in [0.29, 0.717) is 0 Å². The minimum Gasteiger partial charge on any atom is -0.327 e. The van der Waals surface area contributed by atoms with E-state index in [1.807, 2.05) is 12.1 Å². The highest BCUT2D eigenvalue weighted by Gasteiger charge is 2.48. The highest BCUT2D eigenvalue weighted by molar-refractivity contribution is 5.49. The third-order valence-electron chi connectivity index (χ3n) is 3.99. The second-order valence-electron chi connectivity index (χ2n) is 5.02. The molecule has 16 heavy (non-hydrogen) atoms. The van der Waals surface area contributed by atoms with Gasteiger partial charge in [0.1, 0.15) is 0 Å². The lowest BCUT2D eigenvalue weighted by Gasteiger charge is -2.23. The van der Waals surface area contributed by atoms with Gasteiger partial charge in [-0.3, -0.25) is 0 Å². The molecule has 2 rings (SSSR count). The van der Waals surface area contributed by atoms with Crippen molar-refractivity contribution >= 4 is 0 Å². The molecule has 0 bridgehead atoms. The Morgan fingerprint density at radius 3 is 2.44 bits per heavy atom.